The molecular formula is C17H33NO. The van der Waals surface area contributed by atoms with E-state index in [1.54, 1.807) is 0 Å². The molecule has 0 saturated carbocycles. The number of hydrogen-bond acceptors (Lipinski definition) is 1. The normalized spacial score (nSPS) is 27.1. The van der Waals surface area contributed by atoms with E-state index in [1.165, 1.54) is 12.8 Å². The molecule has 3 unspecified atom stereocenters. The quantitative estimate of drug-likeness (QED) is 0.725. The lowest BCUT2D eigenvalue weighted by Crippen LogP contribution is -2.48. The summed E-state index contributed by atoms with van der Waals surface area (Å²) in [6.45, 7) is 15.5. The number of carbonyl (C=O) groups is 1. The van der Waals surface area contributed by atoms with Gasteiger partial charge in [-0.2, -0.15) is 0 Å². The molecule has 1 rings (SSSR count). The lowest BCUT2D eigenvalue weighted by atomic mass is 9.81. The van der Waals surface area contributed by atoms with Gasteiger partial charge in [-0.05, 0) is 37.5 Å². The Kier molecular flexibility index (Phi) is 5.88. The van der Waals surface area contributed by atoms with Crippen LogP contribution >= 0.6 is 0 Å². The van der Waals surface area contributed by atoms with Gasteiger partial charge in [0.1, 0.15) is 0 Å². The first-order valence-electron chi connectivity index (χ1n) is 8.13. The summed E-state index contributed by atoms with van der Waals surface area (Å²) in [7, 11) is 0. The minimum Gasteiger partial charge on any atom is -0.336 e. The van der Waals surface area contributed by atoms with Crippen LogP contribution in [0.15, 0.2) is 0 Å². The van der Waals surface area contributed by atoms with E-state index < -0.39 is 0 Å². The van der Waals surface area contributed by atoms with E-state index in [4.69, 9.17) is 0 Å². The Morgan fingerprint density at radius 3 is 2.16 bits per heavy atom. The molecule has 0 aromatic heterocycles. The second kappa shape index (κ2) is 6.76. The van der Waals surface area contributed by atoms with Crippen LogP contribution in [-0.4, -0.2) is 22.9 Å². The van der Waals surface area contributed by atoms with Gasteiger partial charge in [0, 0.05) is 18.0 Å². The summed E-state index contributed by atoms with van der Waals surface area (Å²) in [6.07, 6.45) is 3.43. The molecule has 0 spiro atoms. The molecule has 19 heavy (non-hydrogen) atoms. The van der Waals surface area contributed by atoms with Crippen LogP contribution < -0.4 is 0 Å². The van der Waals surface area contributed by atoms with Crippen LogP contribution in [0.5, 0.6) is 0 Å². The second-order valence-corrected chi connectivity index (χ2v) is 7.14. The molecule has 112 valence electrons. The molecular weight excluding hydrogens is 234 g/mol. The van der Waals surface area contributed by atoms with E-state index >= 15 is 0 Å². The van der Waals surface area contributed by atoms with Gasteiger partial charge in [-0.25, -0.2) is 0 Å². The average Bonchev–Trinajstić information content (AvgIpc) is 2.70. The molecule has 0 bridgehead atoms. The molecule has 1 heterocycles. The van der Waals surface area contributed by atoms with Crippen molar-refractivity contribution in [3.63, 3.8) is 0 Å². The largest absolute Gasteiger partial charge is 0.336 e. The van der Waals surface area contributed by atoms with E-state index in [1.807, 2.05) is 0 Å². The first-order chi connectivity index (χ1) is 8.81. The highest BCUT2D eigenvalue weighted by atomic mass is 16.2. The third kappa shape index (κ3) is 3.52. The number of carbonyl (C=O) groups excluding carboxylic acids is 1. The third-order valence-electron chi connectivity index (χ3n) is 5.00. The van der Waals surface area contributed by atoms with Gasteiger partial charge in [-0.1, -0.05) is 48.0 Å². The van der Waals surface area contributed by atoms with E-state index in [2.05, 4.69) is 53.4 Å². The average molecular weight is 267 g/mol. The maximum absolute atomic E-state index is 13.0. The highest BCUT2D eigenvalue weighted by Gasteiger charge is 2.40. The summed E-state index contributed by atoms with van der Waals surface area (Å²) >= 11 is 0. The number of nitrogens with zero attached hydrogens (tertiary/aromatic N) is 1. The van der Waals surface area contributed by atoms with Crippen molar-refractivity contribution in [3.05, 3.63) is 0 Å². The highest BCUT2D eigenvalue weighted by Crippen LogP contribution is 2.34. The van der Waals surface area contributed by atoms with Crippen LogP contribution in [0.25, 0.3) is 0 Å². The second-order valence-electron chi connectivity index (χ2n) is 7.14. The summed E-state index contributed by atoms with van der Waals surface area (Å²) in [5.41, 5.74) is 0. The Balaban J connectivity index is 2.94. The lowest BCUT2D eigenvalue weighted by Gasteiger charge is -2.37. The number of rotatable bonds is 5. The topological polar surface area (TPSA) is 20.3 Å². The first kappa shape index (κ1) is 16.5. The van der Waals surface area contributed by atoms with Crippen LogP contribution in [-0.2, 0) is 4.79 Å². The molecule has 1 aliphatic heterocycles. The van der Waals surface area contributed by atoms with Crippen molar-refractivity contribution in [2.24, 2.45) is 23.7 Å². The lowest BCUT2D eigenvalue weighted by molar-refractivity contribution is -0.142. The summed E-state index contributed by atoms with van der Waals surface area (Å²) in [5.74, 6) is 2.08. The van der Waals surface area contributed by atoms with Crippen molar-refractivity contribution >= 4 is 5.91 Å². The van der Waals surface area contributed by atoms with E-state index in [-0.39, 0.29) is 5.92 Å². The fourth-order valence-electron chi connectivity index (χ4n) is 3.66. The predicted octanol–water partition coefficient (Wildman–Crippen LogP) is 4.34. The number of amides is 1. The van der Waals surface area contributed by atoms with Crippen molar-refractivity contribution in [1.29, 1.82) is 0 Å². The summed E-state index contributed by atoms with van der Waals surface area (Å²) in [4.78, 5) is 15.3. The molecule has 2 heteroatoms. The fourth-order valence-corrected chi connectivity index (χ4v) is 3.66. The molecule has 0 N–H and O–H groups in total. The summed E-state index contributed by atoms with van der Waals surface area (Å²) < 4.78 is 0. The van der Waals surface area contributed by atoms with Gasteiger partial charge < -0.3 is 4.90 Å². The molecule has 1 amide bonds. The van der Waals surface area contributed by atoms with Crippen LogP contribution in [0.2, 0.25) is 0 Å². The monoisotopic (exact) mass is 267 g/mol. The fraction of sp³-hybridized carbons (Fsp3) is 0.941. The van der Waals surface area contributed by atoms with Crippen LogP contribution in [0, 0.1) is 23.7 Å². The standard InChI is InChI=1S/C17H33NO/c1-8-13(6)16(12(4)5)17(19)18-14(7)9-10-15(18)11(2)3/h11-16H,8-10H2,1-7H3/t13?,14?,15-,16?/m0/s1. The van der Waals surface area contributed by atoms with Crippen molar-refractivity contribution in [3.8, 4) is 0 Å². The van der Waals surface area contributed by atoms with Crippen LogP contribution in [0.3, 0.4) is 0 Å². The van der Waals surface area contributed by atoms with Gasteiger partial charge in [-0.3, -0.25) is 4.79 Å². The van der Waals surface area contributed by atoms with Crippen molar-refractivity contribution < 1.29 is 4.79 Å². The Hall–Kier alpha value is -0.530. The zero-order chi connectivity index (χ0) is 14.7. The zero-order valence-corrected chi connectivity index (χ0v) is 13.9. The summed E-state index contributed by atoms with van der Waals surface area (Å²) in [6, 6.07) is 0.873. The van der Waals surface area contributed by atoms with Gasteiger partial charge in [0.2, 0.25) is 5.91 Å². The van der Waals surface area contributed by atoms with Gasteiger partial charge in [0.15, 0.2) is 0 Å². The molecule has 0 radical (unpaired) electrons. The molecule has 0 aromatic carbocycles. The Morgan fingerprint density at radius 1 is 1.16 bits per heavy atom. The molecule has 1 aliphatic rings. The van der Waals surface area contributed by atoms with Gasteiger partial charge in [0.05, 0.1) is 0 Å². The Labute approximate surface area is 119 Å². The molecule has 2 nitrogen and oxygen atoms in total. The maximum Gasteiger partial charge on any atom is 0.226 e. The minimum atomic E-state index is 0.187. The van der Waals surface area contributed by atoms with Gasteiger partial charge in [-0.15, -0.1) is 0 Å². The molecule has 4 atom stereocenters. The zero-order valence-electron chi connectivity index (χ0n) is 13.9. The van der Waals surface area contributed by atoms with Gasteiger partial charge >= 0.3 is 0 Å². The predicted molar refractivity (Wildman–Crippen MR) is 82.0 cm³/mol. The van der Waals surface area contributed by atoms with Gasteiger partial charge in [0.25, 0.3) is 0 Å². The number of likely N-dealkylation sites (tertiary alicyclic amines) is 1. The van der Waals surface area contributed by atoms with Crippen molar-refractivity contribution in [2.75, 3.05) is 0 Å². The first-order valence-corrected chi connectivity index (χ1v) is 8.13. The third-order valence-corrected chi connectivity index (χ3v) is 5.00. The minimum absolute atomic E-state index is 0.187. The molecule has 0 aromatic rings. The Morgan fingerprint density at radius 2 is 1.74 bits per heavy atom. The highest BCUT2D eigenvalue weighted by molar-refractivity contribution is 5.80. The van der Waals surface area contributed by atoms with E-state index in [9.17, 15) is 4.79 Å². The molecule has 1 saturated heterocycles. The SMILES string of the molecule is CCC(C)C(C(=O)N1C(C)CC[C@H]1C(C)C)C(C)C. The Bertz CT molecular complexity index is 298. The van der Waals surface area contributed by atoms with Crippen LogP contribution in [0.4, 0.5) is 0 Å². The van der Waals surface area contributed by atoms with Crippen molar-refractivity contribution in [2.45, 2.75) is 79.8 Å². The van der Waals surface area contributed by atoms with E-state index in [0.717, 1.165) is 6.42 Å². The van der Waals surface area contributed by atoms with E-state index in [0.29, 0.717) is 35.7 Å². The number of hydrogen-bond donors (Lipinski definition) is 0. The smallest absolute Gasteiger partial charge is 0.226 e. The maximum atomic E-state index is 13.0. The molecule has 0 aliphatic carbocycles. The van der Waals surface area contributed by atoms with Crippen molar-refractivity contribution in [1.82, 2.24) is 4.90 Å². The summed E-state index contributed by atoms with van der Waals surface area (Å²) in [5, 5.41) is 0. The van der Waals surface area contributed by atoms with Crippen LogP contribution in [0.1, 0.15) is 67.7 Å². The molecule has 1 fully saturated rings.